The highest BCUT2D eigenvalue weighted by atomic mass is 32.1. The quantitative estimate of drug-likeness (QED) is 0.723. The molecule has 0 aliphatic carbocycles. The van der Waals surface area contributed by atoms with Crippen molar-refractivity contribution < 1.29 is 14.3 Å². The molecular formula is C19H21N3O3S. The number of benzene rings is 1. The van der Waals surface area contributed by atoms with Gasteiger partial charge in [-0.05, 0) is 23.9 Å². The third kappa shape index (κ3) is 3.95. The molecule has 1 fully saturated rings. The Hall–Kier alpha value is -2.22. The number of rotatable bonds is 6. The van der Waals surface area contributed by atoms with Crippen LogP contribution >= 0.6 is 11.3 Å². The van der Waals surface area contributed by atoms with E-state index in [1.807, 2.05) is 46.5 Å². The molecule has 1 aliphatic heterocycles. The zero-order chi connectivity index (χ0) is 17.8. The number of para-hydroxylation sites is 1. The van der Waals surface area contributed by atoms with Crippen molar-refractivity contribution in [3.8, 4) is 0 Å². The van der Waals surface area contributed by atoms with E-state index in [1.54, 1.807) is 16.8 Å². The molecular weight excluding hydrogens is 350 g/mol. The third-order valence-electron chi connectivity index (χ3n) is 4.57. The van der Waals surface area contributed by atoms with Gasteiger partial charge in [-0.1, -0.05) is 18.2 Å². The number of thiazole rings is 1. The van der Waals surface area contributed by atoms with E-state index >= 15 is 0 Å². The summed E-state index contributed by atoms with van der Waals surface area (Å²) in [6.45, 7) is 1.85. The van der Waals surface area contributed by atoms with E-state index in [4.69, 9.17) is 9.47 Å². The normalized spacial score (nSPS) is 20.3. The number of hydrogen-bond acceptors (Lipinski definition) is 5. The van der Waals surface area contributed by atoms with Crippen molar-refractivity contribution in [2.45, 2.75) is 31.7 Å². The molecule has 26 heavy (non-hydrogen) atoms. The highest BCUT2D eigenvalue weighted by Gasteiger charge is 2.28. The fourth-order valence-corrected chi connectivity index (χ4v) is 3.77. The predicted molar refractivity (Wildman–Crippen MR) is 100.0 cm³/mol. The fraction of sp³-hybridized carbons (Fsp3) is 0.368. The molecule has 1 N–H and O–H groups in total. The molecule has 1 aliphatic rings. The molecule has 1 amide bonds. The number of nitrogens with zero attached hydrogens (tertiary/aromatic N) is 2. The minimum Gasteiger partial charge on any atom is -0.379 e. The van der Waals surface area contributed by atoms with Gasteiger partial charge in [-0.15, -0.1) is 11.3 Å². The first-order valence-electron chi connectivity index (χ1n) is 8.69. The summed E-state index contributed by atoms with van der Waals surface area (Å²) in [4.78, 5) is 16.8. The Kier molecular flexibility index (Phi) is 5.29. The lowest BCUT2D eigenvalue weighted by Gasteiger charge is -2.32. The molecule has 3 aromatic rings. The number of nitrogens with one attached hydrogen (secondary N) is 1. The minimum absolute atomic E-state index is 0.0134. The Morgan fingerprint density at radius 1 is 1.38 bits per heavy atom. The molecule has 7 heteroatoms. The van der Waals surface area contributed by atoms with Gasteiger partial charge in [0, 0.05) is 23.7 Å². The smallest absolute Gasteiger partial charge is 0.240 e. The van der Waals surface area contributed by atoms with Gasteiger partial charge < -0.3 is 19.4 Å². The minimum atomic E-state index is -0.157. The summed E-state index contributed by atoms with van der Waals surface area (Å²) in [7, 11) is 0. The Bertz CT molecular complexity index is 862. The van der Waals surface area contributed by atoms with Crippen molar-refractivity contribution in [2.75, 3.05) is 13.2 Å². The summed E-state index contributed by atoms with van der Waals surface area (Å²) in [6, 6.07) is 10.0. The van der Waals surface area contributed by atoms with Gasteiger partial charge in [-0.2, -0.15) is 0 Å². The average molecular weight is 371 g/mol. The maximum absolute atomic E-state index is 12.6. The number of amides is 1. The Labute approximate surface area is 155 Å². The maximum atomic E-state index is 12.6. The number of fused-ring (bicyclic) bond motifs is 1. The van der Waals surface area contributed by atoms with Crippen molar-refractivity contribution in [2.24, 2.45) is 0 Å². The van der Waals surface area contributed by atoms with Crippen molar-refractivity contribution in [3.63, 3.8) is 0 Å². The molecule has 1 aromatic carbocycles. The van der Waals surface area contributed by atoms with Gasteiger partial charge in [-0.25, -0.2) is 4.98 Å². The highest BCUT2D eigenvalue weighted by molar-refractivity contribution is 7.07. The van der Waals surface area contributed by atoms with E-state index < -0.39 is 0 Å². The van der Waals surface area contributed by atoms with E-state index in [0.29, 0.717) is 26.4 Å². The van der Waals surface area contributed by atoms with Gasteiger partial charge >= 0.3 is 0 Å². The summed E-state index contributed by atoms with van der Waals surface area (Å²) < 4.78 is 13.4. The summed E-state index contributed by atoms with van der Waals surface area (Å²) in [5.41, 5.74) is 3.76. The lowest BCUT2D eigenvalue weighted by Crippen LogP contribution is -2.50. The first kappa shape index (κ1) is 17.2. The van der Waals surface area contributed by atoms with Gasteiger partial charge in [0.2, 0.25) is 5.91 Å². The van der Waals surface area contributed by atoms with Gasteiger partial charge in [0.25, 0.3) is 0 Å². The SMILES string of the molecule is O=C(Cn1ccc2ccccc21)N[C@@H]1CCOC[C@H]1OCc1cscn1. The van der Waals surface area contributed by atoms with Crippen LogP contribution in [0.2, 0.25) is 0 Å². The van der Waals surface area contributed by atoms with Crippen molar-refractivity contribution in [3.05, 3.63) is 53.1 Å². The Morgan fingerprint density at radius 2 is 2.31 bits per heavy atom. The number of carbonyl (C=O) groups is 1. The van der Waals surface area contributed by atoms with Gasteiger partial charge in [0.05, 0.1) is 30.5 Å². The average Bonchev–Trinajstić information content (AvgIpc) is 3.31. The number of ether oxygens (including phenoxy) is 2. The van der Waals surface area contributed by atoms with Crippen LogP contribution in [0.15, 0.2) is 47.4 Å². The van der Waals surface area contributed by atoms with E-state index in [-0.39, 0.29) is 18.1 Å². The van der Waals surface area contributed by atoms with Crippen molar-refractivity contribution in [1.29, 1.82) is 0 Å². The topological polar surface area (TPSA) is 65.4 Å². The first-order chi connectivity index (χ1) is 12.8. The summed E-state index contributed by atoms with van der Waals surface area (Å²) in [5, 5.41) is 6.22. The second kappa shape index (κ2) is 7.99. The van der Waals surface area contributed by atoms with E-state index in [2.05, 4.69) is 10.3 Å². The lowest BCUT2D eigenvalue weighted by atomic mass is 10.1. The van der Waals surface area contributed by atoms with Gasteiger partial charge in [-0.3, -0.25) is 4.79 Å². The van der Waals surface area contributed by atoms with Crippen LogP contribution in [0.3, 0.4) is 0 Å². The molecule has 136 valence electrons. The van der Waals surface area contributed by atoms with Crippen molar-refractivity contribution in [1.82, 2.24) is 14.9 Å². The standard InChI is InChI=1S/C19H21N3O3S/c23-19(9-22-7-5-14-3-1-2-4-17(14)22)21-16-6-8-24-11-18(16)25-10-15-12-26-13-20-15/h1-5,7,12-13,16,18H,6,8-11H2,(H,21,23)/t16-,18-/m1/s1. The van der Waals surface area contributed by atoms with Crippen LogP contribution in [-0.2, 0) is 27.4 Å². The highest BCUT2D eigenvalue weighted by Crippen LogP contribution is 2.16. The molecule has 0 unspecified atom stereocenters. The van der Waals surface area contributed by atoms with Gasteiger partial charge in [0.1, 0.15) is 12.6 Å². The van der Waals surface area contributed by atoms with Crippen LogP contribution in [0.1, 0.15) is 12.1 Å². The maximum Gasteiger partial charge on any atom is 0.240 e. The molecule has 6 nitrogen and oxygen atoms in total. The Balaban J connectivity index is 1.37. The third-order valence-corrected chi connectivity index (χ3v) is 5.21. The molecule has 1 saturated heterocycles. The second-order valence-electron chi connectivity index (χ2n) is 6.37. The van der Waals surface area contributed by atoms with Gasteiger partial charge in [0.15, 0.2) is 0 Å². The molecule has 3 heterocycles. The van der Waals surface area contributed by atoms with Crippen LogP contribution < -0.4 is 5.32 Å². The van der Waals surface area contributed by atoms with E-state index in [1.165, 1.54) is 0 Å². The second-order valence-corrected chi connectivity index (χ2v) is 7.09. The molecule has 0 bridgehead atoms. The summed E-state index contributed by atoms with van der Waals surface area (Å²) in [5.74, 6) is -0.0134. The predicted octanol–water partition coefficient (Wildman–Crippen LogP) is 2.59. The lowest BCUT2D eigenvalue weighted by molar-refractivity contribution is -0.127. The Morgan fingerprint density at radius 3 is 3.19 bits per heavy atom. The molecule has 0 spiro atoms. The van der Waals surface area contributed by atoms with Crippen LogP contribution in [0, 0.1) is 0 Å². The van der Waals surface area contributed by atoms with Crippen LogP contribution in [0.4, 0.5) is 0 Å². The van der Waals surface area contributed by atoms with E-state index in [9.17, 15) is 4.79 Å². The molecule has 0 saturated carbocycles. The largest absolute Gasteiger partial charge is 0.379 e. The zero-order valence-electron chi connectivity index (χ0n) is 14.3. The summed E-state index contributed by atoms with van der Waals surface area (Å²) in [6.07, 6.45) is 2.54. The van der Waals surface area contributed by atoms with Crippen LogP contribution in [-0.4, -0.2) is 40.8 Å². The molecule has 2 aromatic heterocycles. The monoisotopic (exact) mass is 371 g/mol. The molecule has 4 rings (SSSR count). The fourth-order valence-electron chi connectivity index (χ4n) is 3.23. The first-order valence-corrected chi connectivity index (χ1v) is 9.63. The summed E-state index contributed by atoms with van der Waals surface area (Å²) >= 11 is 1.55. The van der Waals surface area contributed by atoms with E-state index in [0.717, 1.165) is 23.0 Å². The van der Waals surface area contributed by atoms with Crippen molar-refractivity contribution >= 4 is 28.1 Å². The number of carbonyl (C=O) groups excluding carboxylic acids is 1. The zero-order valence-corrected chi connectivity index (χ0v) is 15.2. The molecule has 2 atom stereocenters. The van der Waals surface area contributed by atoms with Crippen LogP contribution in [0.25, 0.3) is 10.9 Å². The van der Waals surface area contributed by atoms with Crippen LogP contribution in [0.5, 0.6) is 0 Å². The molecule has 0 radical (unpaired) electrons. The number of aromatic nitrogens is 2. The number of hydrogen-bond donors (Lipinski definition) is 1.